The molecule has 0 radical (unpaired) electrons. The standard InChI is InChI=1S/C22H29N3O3S/c1-3-23-22(25-15-13-19(17-25)18-7-5-4-6-8-18)24-14-16-28-20-9-11-21(12-10-20)29(2,26)27/h4-12,19H,3,13-17H2,1-2H3,(H,23,24). The van der Waals surface area contributed by atoms with Crippen LogP contribution in [0, 0.1) is 0 Å². The number of nitrogens with one attached hydrogen (secondary N) is 1. The number of nitrogens with zero attached hydrogens (tertiary/aromatic N) is 2. The van der Waals surface area contributed by atoms with Gasteiger partial charge in [-0.2, -0.15) is 0 Å². The van der Waals surface area contributed by atoms with Crippen molar-refractivity contribution < 1.29 is 13.2 Å². The Labute approximate surface area is 173 Å². The van der Waals surface area contributed by atoms with Gasteiger partial charge in [0.25, 0.3) is 0 Å². The predicted octanol–water partition coefficient (Wildman–Crippen LogP) is 2.92. The average molecular weight is 416 g/mol. The van der Waals surface area contributed by atoms with Crippen molar-refractivity contribution in [3.63, 3.8) is 0 Å². The molecule has 3 rings (SSSR count). The zero-order valence-corrected chi connectivity index (χ0v) is 17.9. The summed E-state index contributed by atoms with van der Waals surface area (Å²) in [6, 6.07) is 17.1. The van der Waals surface area contributed by atoms with Crippen molar-refractivity contribution in [3.05, 3.63) is 60.2 Å². The second kappa shape index (κ2) is 9.78. The Morgan fingerprint density at radius 2 is 1.90 bits per heavy atom. The number of sulfone groups is 1. The minimum absolute atomic E-state index is 0.291. The number of ether oxygens (including phenoxy) is 1. The number of aliphatic imine (C=N–C) groups is 1. The summed E-state index contributed by atoms with van der Waals surface area (Å²) in [6.45, 7) is 5.80. The first-order valence-corrected chi connectivity index (χ1v) is 11.9. The molecular formula is C22H29N3O3S. The van der Waals surface area contributed by atoms with Gasteiger partial charge < -0.3 is 15.0 Å². The lowest BCUT2D eigenvalue weighted by Gasteiger charge is -2.21. The fourth-order valence-electron chi connectivity index (χ4n) is 3.47. The van der Waals surface area contributed by atoms with E-state index in [-0.39, 0.29) is 0 Å². The maximum atomic E-state index is 11.5. The van der Waals surface area contributed by atoms with E-state index in [0.29, 0.717) is 29.7 Å². The van der Waals surface area contributed by atoms with Crippen LogP contribution in [-0.2, 0) is 9.84 Å². The quantitative estimate of drug-likeness (QED) is 0.428. The minimum Gasteiger partial charge on any atom is -0.492 e. The summed E-state index contributed by atoms with van der Waals surface area (Å²) >= 11 is 0. The van der Waals surface area contributed by atoms with Gasteiger partial charge in [-0.25, -0.2) is 13.4 Å². The molecule has 1 saturated heterocycles. The van der Waals surface area contributed by atoms with Gasteiger partial charge in [0, 0.05) is 31.8 Å². The van der Waals surface area contributed by atoms with E-state index in [1.54, 1.807) is 24.3 Å². The Morgan fingerprint density at radius 1 is 1.17 bits per heavy atom. The molecule has 1 aliphatic rings. The highest BCUT2D eigenvalue weighted by molar-refractivity contribution is 7.90. The smallest absolute Gasteiger partial charge is 0.194 e. The minimum atomic E-state index is -3.19. The molecule has 2 aromatic carbocycles. The molecule has 2 aromatic rings. The lowest BCUT2D eigenvalue weighted by molar-refractivity contribution is 0.327. The lowest BCUT2D eigenvalue weighted by atomic mass is 9.99. The van der Waals surface area contributed by atoms with Gasteiger partial charge in [0.1, 0.15) is 12.4 Å². The van der Waals surface area contributed by atoms with Gasteiger partial charge in [0.05, 0.1) is 11.4 Å². The van der Waals surface area contributed by atoms with E-state index in [1.165, 1.54) is 11.8 Å². The van der Waals surface area contributed by atoms with E-state index in [0.717, 1.165) is 32.0 Å². The first-order chi connectivity index (χ1) is 14.0. The van der Waals surface area contributed by atoms with Gasteiger partial charge in [-0.05, 0) is 43.2 Å². The number of hydrogen-bond donors (Lipinski definition) is 1. The summed E-state index contributed by atoms with van der Waals surface area (Å²) in [6.07, 6.45) is 2.32. The fraction of sp³-hybridized carbons (Fsp3) is 0.409. The second-order valence-electron chi connectivity index (χ2n) is 7.17. The SMILES string of the molecule is CCNC(=NCCOc1ccc(S(C)(=O)=O)cc1)N1CCC(c2ccccc2)C1. The Morgan fingerprint density at radius 3 is 2.55 bits per heavy atom. The van der Waals surface area contributed by atoms with Crippen LogP contribution in [0.15, 0.2) is 64.5 Å². The number of likely N-dealkylation sites (tertiary alicyclic amines) is 1. The monoisotopic (exact) mass is 415 g/mol. The molecule has 156 valence electrons. The topological polar surface area (TPSA) is 71.0 Å². The molecule has 6 nitrogen and oxygen atoms in total. The first kappa shape index (κ1) is 21.2. The molecule has 1 heterocycles. The van der Waals surface area contributed by atoms with Gasteiger partial charge >= 0.3 is 0 Å². The summed E-state index contributed by atoms with van der Waals surface area (Å²) in [5, 5.41) is 3.37. The molecule has 0 spiro atoms. The van der Waals surface area contributed by atoms with E-state index in [1.807, 2.05) is 0 Å². The maximum absolute atomic E-state index is 11.5. The van der Waals surface area contributed by atoms with Gasteiger partial charge in [-0.1, -0.05) is 30.3 Å². The Hall–Kier alpha value is -2.54. The molecule has 1 N–H and O–H groups in total. The molecule has 1 fully saturated rings. The molecule has 0 aliphatic carbocycles. The summed E-state index contributed by atoms with van der Waals surface area (Å²) in [5.41, 5.74) is 1.38. The average Bonchev–Trinajstić information content (AvgIpc) is 3.21. The summed E-state index contributed by atoms with van der Waals surface area (Å²) in [5.74, 6) is 2.09. The third kappa shape index (κ3) is 5.97. The van der Waals surface area contributed by atoms with Crippen LogP contribution >= 0.6 is 0 Å². The van der Waals surface area contributed by atoms with Crippen molar-refractivity contribution in [2.24, 2.45) is 4.99 Å². The maximum Gasteiger partial charge on any atom is 0.194 e. The van der Waals surface area contributed by atoms with E-state index in [4.69, 9.17) is 9.73 Å². The summed E-state index contributed by atoms with van der Waals surface area (Å²) < 4.78 is 28.7. The second-order valence-corrected chi connectivity index (χ2v) is 9.19. The molecule has 1 unspecified atom stereocenters. The van der Waals surface area contributed by atoms with E-state index < -0.39 is 9.84 Å². The Bertz CT molecular complexity index is 912. The Kier molecular flexibility index (Phi) is 7.14. The summed E-state index contributed by atoms with van der Waals surface area (Å²) in [4.78, 5) is 7.30. The normalized spacial score (nSPS) is 17.4. The third-order valence-corrected chi connectivity index (χ3v) is 6.10. The molecule has 0 saturated carbocycles. The molecule has 7 heteroatoms. The fourth-order valence-corrected chi connectivity index (χ4v) is 4.10. The van der Waals surface area contributed by atoms with Crippen LogP contribution < -0.4 is 10.1 Å². The zero-order chi connectivity index (χ0) is 20.7. The number of hydrogen-bond acceptors (Lipinski definition) is 4. The van der Waals surface area contributed by atoms with Crippen molar-refractivity contribution in [2.75, 3.05) is 39.0 Å². The summed E-state index contributed by atoms with van der Waals surface area (Å²) in [7, 11) is -3.19. The molecule has 0 amide bonds. The van der Waals surface area contributed by atoms with Crippen molar-refractivity contribution in [3.8, 4) is 5.75 Å². The highest BCUT2D eigenvalue weighted by atomic mass is 32.2. The highest BCUT2D eigenvalue weighted by Gasteiger charge is 2.25. The molecule has 1 aliphatic heterocycles. The third-order valence-electron chi connectivity index (χ3n) is 4.97. The lowest BCUT2D eigenvalue weighted by Crippen LogP contribution is -2.40. The van der Waals surface area contributed by atoms with Crippen LogP contribution in [0.5, 0.6) is 5.75 Å². The van der Waals surface area contributed by atoms with E-state index in [2.05, 4.69) is 47.5 Å². The zero-order valence-electron chi connectivity index (χ0n) is 17.0. The van der Waals surface area contributed by atoms with Gasteiger partial charge in [0.15, 0.2) is 15.8 Å². The predicted molar refractivity (Wildman–Crippen MR) is 116 cm³/mol. The number of guanidine groups is 1. The van der Waals surface area contributed by atoms with Crippen LogP contribution in [0.1, 0.15) is 24.8 Å². The van der Waals surface area contributed by atoms with Crippen LogP contribution in [0.2, 0.25) is 0 Å². The largest absolute Gasteiger partial charge is 0.492 e. The Balaban J connectivity index is 1.53. The van der Waals surface area contributed by atoms with Crippen LogP contribution in [0.3, 0.4) is 0 Å². The van der Waals surface area contributed by atoms with E-state index >= 15 is 0 Å². The molecular weight excluding hydrogens is 386 g/mol. The van der Waals surface area contributed by atoms with Crippen molar-refractivity contribution >= 4 is 15.8 Å². The van der Waals surface area contributed by atoms with Gasteiger partial charge in [-0.15, -0.1) is 0 Å². The molecule has 1 atom stereocenters. The number of benzene rings is 2. The van der Waals surface area contributed by atoms with E-state index in [9.17, 15) is 8.42 Å². The molecule has 0 aromatic heterocycles. The van der Waals surface area contributed by atoms with Crippen molar-refractivity contribution in [1.82, 2.24) is 10.2 Å². The van der Waals surface area contributed by atoms with Crippen molar-refractivity contribution in [1.29, 1.82) is 0 Å². The van der Waals surface area contributed by atoms with Crippen LogP contribution in [0.25, 0.3) is 0 Å². The van der Waals surface area contributed by atoms with Crippen LogP contribution in [-0.4, -0.2) is 58.3 Å². The highest BCUT2D eigenvalue weighted by Crippen LogP contribution is 2.26. The van der Waals surface area contributed by atoms with Crippen LogP contribution in [0.4, 0.5) is 0 Å². The van der Waals surface area contributed by atoms with Gasteiger partial charge in [0.2, 0.25) is 0 Å². The first-order valence-electron chi connectivity index (χ1n) is 9.98. The number of rotatable bonds is 7. The van der Waals surface area contributed by atoms with Crippen molar-refractivity contribution in [2.45, 2.75) is 24.2 Å². The molecule has 29 heavy (non-hydrogen) atoms. The van der Waals surface area contributed by atoms with Gasteiger partial charge in [-0.3, -0.25) is 0 Å². The molecule has 0 bridgehead atoms.